The van der Waals surface area contributed by atoms with Crippen molar-refractivity contribution >= 4 is 73.0 Å². The molecule has 4 aromatic rings. The van der Waals surface area contributed by atoms with Crippen molar-refractivity contribution in [3.05, 3.63) is 50.3 Å². The normalized spacial score (nSPS) is 11.4. The van der Waals surface area contributed by atoms with Crippen LogP contribution >= 0.6 is 39.3 Å². The number of thioether (sulfide) groups is 1. The molecule has 0 bridgehead atoms. The second-order valence-corrected chi connectivity index (χ2v) is 8.71. The molecule has 0 unspecified atom stereocenters. The first-order valence-corrected chi connectivity index (χ1v) is 11.1. The molecule has 0 aliphatic carbocycles. The van der Waals surface area contributed by atoms with Crippen molar-refractivity contribution < 1.29 is 4.79 Å². The van der Waals surface area contributed by atoms with Crippen molar-refractivity contribution in [3.63, 3.8) is 0 Å². The number of fused-ring (bicyclic) bond motifs is 2. The highest BCUT2D eigenvalue weighted by Crippen LogP contribution is 2.29. The minimum absolute atomic E-state index is 0.166. The molecule has 0 radical (unpaired) electrons. The van der Waals surface area contributed by atoms with Gasteiger partial charge in [-0.2, -0.15) is 0 Å². The van der Waals surface area contributed by atoms with Gasteiger partial charge in [-0.3, -0.25) is 4.79 Å². The van der Waals surface area contributed by atoms with Crippen LogP contribution in [-0.4, -0.2) is 31.2 Å². The molecular weight excluding hydrogens is 478 g/mol. The number of aromatic amines is 2. The van der Waals surface area contributed by atoms with E-state index in [1.54, 1.807) is 12.1 Å². The van der Waals surface area contributed by atoms with Gasteiger partial charge in [0.15, 0.2) is 5.16 Å². The zero-order valence-electron chi connectivity index (χ0n) is 15.4. The number of nitrogens with one attached hydrogen (secondary N) is 3. The highest BCUT2D eigenvalue weighted by molar-refractivity contribution is 9.10. The smallest absolute Gasteiger partial charge is 0.323 e. The minimum atomic E-state index is -0.291. The zero-order chi connectivity index (χ0) is 20.5. The van der Waals surface area contributed by atoms with Gasteiger partial charge in [-0.25, -0.2) is 9.78 Å². The summed E-state index contributed by atoms with van der Waals surface area (Å²) in [7, 11) is 0. The summed E-state index contributed by atoms with van der Waals surface area (Å²) in [6.07, 6.45) is 0.954. The zero-order valence-corrected chi connectivity index (χ0v) is 18.5. The number of nitrogens with zero attached hydrogens (tertiary/aromatic N) is 2. The summed E-state index contributed by atoms with van der Waals surface area (Å²) in [5.41, 5.74) is 3.42. The van der Waals surface area contributed by atoms with E-state index in [9.17, 15) is 9.59 Å². The highest BCUT2D eigenvalue weighted by atomic mass is 79.9. The van der Waals surface area contributed by atoms with Crippen molar-refractivity contribution in [2.24, 2.45) is 0 Å². The average Bonchev–Trinajstić information content (AvgIpc) is 3.19. The first-order valence-electron chi connectivity index (χ1n) is 8.94. The molecule has 29 heavy (non-hydrogen) atoms. The van der Waals surface area contributed by atoms with Crippen LogP contribution in [0.5, 0.6) is 0 Å². The quantitative estimate of drug-likeness (QED) is 0.337. The second-order valence-electron chi connectivity index (χ2n) is 6.47. The van der Waals surface area contributed by atoms with Crippen LogP contribution in [0.3, 0.4) is 0 Å². The highest BCUT2D eigenvalue weighted by Gasteiger charge is 2.14. The van der Waals surface area contributed by atoms with E-state index in [-0.39, 0.29) is 17.3 Å². The van der Waals surface area contributed by atoms with Crippen molar-refractivity contribution in [1.29, 1.82) is 0 Å². The van der Waals surface area contributed by atoms with Crippen LogP contribution in [0.15, 0.2) is 44.8 Å². The Morgan fingerprint density at radius 3 is 2.79 bits per heavy atom. The SMILES string of the molecule is CCCn1c(SCC(=O)Nc2cc3[nH]c(=O)[nH]c3cc2Br)nc2cc(Cl)ccc21. The molecule has 7 nitrogen and oxygen atoms in total. The van der Waals surface area contributed by atoms with Crippen molar-refractivity contribution in [3.8, 4) is 0 Å². The van der Waals surface area contributed by atoms with Gasteiger partial charge in [-0.15, -0.1) is 0 Å². The summed E-state index contributed by atoms with van der Waals surface area (Å²) in [5.74, 6) is 0.0376. The van der Waals surface area contributed by atoms with Gasteiger partial charge in [0.1, 0.15) is 0 Å². The van der Waals surface area contributed by atoms with Crippen LogP contribution in [0, 0.1) is 0 Å². The van der Waals surface area contributed by atoms with Gasteiger partial charge in [-0.1, -0.05) is 30.3 Å². The van der Waals surface area contributed by atoms with Crippen molar-refractivity contribution in [1.82, 2.24) is 19.5 Å². The van der Waals surface area contributed by atoms with Gasteiger partial charge in [0, 0.05) is 16.0 Å². The molecule has 0 aliphatic heterocycles. The molecule has 1 amide bonds. The molecule has 2 aromatic carbocycles. The van der Waals surface area contributed by atoms with Gasteiger partial charge < -0.3 is 19.9 Å². The fraction of sp³-hybridized carbons (Fsp3) is 0.211. The Hall–Kier alpha value is -2.23. The van der Waals surface area contributed by atoms with Crippen molar-refractivity contribution in [2.75, 3.05) is 11.1 Å². The second kappa shape index (κ2) is 8.25. The number of carbonyl (C=O) groups excluding carboxylic acids is 1. The Kier molecular flexibility index (Phi) is 5.71. The summed E-state index contributed by atoms with van der Waals surface area (Å²) in [4.78, 5) is 34.0. The number of rotatable bonds is 6. The molecule has 0 fully saturated rings. The maximum absolute atomic E-state index is 12.5. The van der Waals surface area contributed by atoms with Crippen molar-refractivity contribution in [2.45, 2.75) is 25.0 Å². The van der Waals surface area contributed by atoms with E-state index in [0.717, 1.165) is 29.2 Å². The van der Waals surface area contributed by atoms with Crippen LogP contribution < -0.4 is 11.0 Å². The van der Waals surface area contributed by atoms with E-state index in [1.165, 1.54) is 11.8 Å². The maximum Gasteiger partial charge on any atom is 0.323 e. The van der Waals surface area contributed by atoms with Gasteiger partial charge in [0.2, 0.25) is 5.91 Å². The number of hydrogen-bond donors (Lipinski definition) is 3. The number of carbonyl (C=O) groups is 1. The van der Waals surface area contributed by atoms with Crippen LogP contribution in [0.25, 0.3) is 22.1 Å². The Balaban J connectivity index is 1.52. The van der Waals surface area contributed by atoms with Crippen LogP contribution in [0.2, 0.25) is 5.02 Å². The van der Waals surface area contributed by atoms with Gasteiger partial charge >= 0.3 is 5.69 Å². The standard InChI is InChI=1S/C19H17BrClN5O2S/c1-2-5-26-16-4-3-10(21)6-15(16)25-19(26)29-9-17(27)22-12-8-14-13(7-11(12)20)23-18(28)24-14/h3-4,6-8H,2,5,9H2,1H3,(H,22,27)(H2,23,24,28). The molecule has 2 heterocycles. The van der Waals surface area contributed by atoms with Gasteiger partial charge in [0.05, 0.1) is 33.5 Å². The molecule has 0 aliphatic rings. The van der Waals surface area contributed by atoms with Gasteiger partial charge in [0.25, 0.3) is 0 Å². The van der Waals surface area contributed by atoms with E-state index >= 15 is 0 Å². The molecule has 3 N–H and O–H groups in total. The summed E-state index contributed by atoms with van der Waals surface area (Å²) >= 11 is 10.9. The molecule has 0 spiro atoms. The molecule has 0 saturated carbocycles. The lowest BCUT2D eigenvalue weighted by Crippen LogP contribution is -2.15. The topological polar surface area (TPSA) is 95.6 Å². The lowest BCUT2D eigenvalue weighted by atomic mass is 10.3. The largest absolute Gasteiger partial charge is 0.324 e. The Morgan fingerprint density at radius 1 is 1.28 bits per heavy atom. The van der Waals surface area contributed by atoms with E-state index in [0.29, 0.717) is 26.2 Å². The monoisotopic (exact) mass is 493 g/mol. The molecule has 150 valence electrons. The van der Waals surface area contributed by atoms with E-state index in [1.807, 2.05) is 18.2 Å². The number of anilines is 1. The Labute approximate surface area is 183 Å². The van der Waals surface area contributed by atoms with Crippen LogP contribution in [0.1, 0.15) is 13.3 Å². The number of aryl methyl sites for hydroxylation is 1. The molecular formula is C19H17BrClN5O2S. The number of benzene rings is 2. The van der Waals surface area contributed by atoms with E-state index < -0.39 is 0 Å². The van der Waals surface area contributed by atoms with E-state index in [4.69, 9.17) is 11.6 Å². The number of aromatic nitrogens is 4. The predicted octanol–water partition coefficient (Wildman–Crippen LogP) is 4.76. The molecule has 2 aromatic heterocycles. The first-order chi connectivity index (χ1) is 13.9. The first kappa shape index (κ1) is 20.1. The Morgan fingerprint density at radius 2 is 2.03 bits per heavy atom. The maximum atomic E-state index is 12.5. The number of hydrogen-bond acceptors (Lipinski definition) is 4. The lowest BCUT2D eigenvalue weighted by molar-refractivity contribution is -0.113. The third kappa shape index (κ3) is 4.22. The fourth-order valence-corrected chi connectivity index (χ4v) is 4.55. The summed E-state index contributed by atoms with van der Waals surface area (Å²) in [6.45, 7) is 2.91. The predicted molar refractivity (Wildman–Crippen MR) is 121 cm³/mol. The van der Waals surface area contributed by atoms with Crippen LogP contribution in [0.4, 0.5) is 5.69 Å². The minimum Gasteiger partial charge on any atom is -0.324 e. The lowest BCUT2D eigenvalue weighted by Gasteiger charge is -2.09. The number of imidazole rings is 2. The van der Waals surface area contributed by atoms with E-state index in [2.05, 4.69) is 47.7 Å². The summed E-state index contributed by atoms with van der Waals surface area (Å²) < 4.78 is 2.79. The summed E-state index contributed by atoms with van der Waals surface area (Å²) in [5, 5.41) is 4.29. The number of halogens is 2. The van der Waals surface area contributed by atoms with Crippen LogP contribution in [-0.2, 0) is 11.3 Å². The molecule has 0 saturated heterocycles. The number of H-pyrrole nitrogens is 2. The Bertz CT molecular complexity index is 1280. The average molecular weight is 495 g/mol. The third-order valence-electron chi connectivity index (χ3n) is 4.33. The molecule has 0 atom stereocenters. The number of amides is 1. The summed E-state index contributed by atoms with van der Waals surface area (Å²) in [6, 6.07) is 9.10. The van der Waals surface area contributed by atoms with Gasteiger partial charge in [-0.05, 0) is 52.7 Å². The third-order valence-corrected chi connectivity index (χ3v) is 6.20. The molecule has 4 rings (SSSR count). The molecule has 10 heteroatoms. The fourth-order valence-electron chi connectivity index (χ4n) is 3.10.